The lowest BCUT2D eigenvalue weighted by Crippen LogP contribution is -2.47. The van der Waals surface area contributed by atoms with E-state index in [9.17, 15) is 4.79 Å². The van der Waals surface area contributed by atoms with Gasteiger partial charge in [0.2, 0.25) is 0 Å². The molecule has 1 aromatic rings. The van der Waals surface area contributed by atoms with Gasteiger partial charge in [-0.25, -0.2) is 0 Å². The number of pyridine rings is 1. The summed E-state index contributed by atoms with van der Waals surface area (Å²) in [7, 11) is 0. The summed E-state index contributed by atoms with van der Waals surface area (Å²) in [6.45, 7) is 4.26. The van der Waals surface area contributed by atoms with Gasteiger partial charge >= 0.3 is 0 Å². The van der Waals surface area contributed by atoms with Gasteiger partial charge in [0.25, 0.3) is 5.91 Å². The number of carbonyl (C=O) groups is 1. The zero-order valence-corrected chi connectivity index (χ0v) is 9.89. The van der Waals surface area contributed by atoms with E-state index in [4.69, 9.17) is 0 Å². The molecule has 0 radical (unpaired) electrons. The Labute approximate surface area is 96.5 Å². The summed E-state index contributed by atoms with van der Waals surface area (Å²) in [5.74, 6) is 0.118. The number of aromatic nitrogens is 1. The Morgan fingerprint density at radius 1 is 1.38 bits per heavy atom. The van der Waals surface area contributed by atoms with Gasteiger partial charge in [-0.15, -0.1) is 0 Å². The van der Waals surface area contributed by atoms with Crippen LogP contribution >= 0.6 is 0 Å². The predicted octanol–water partition coefficient (Wildman–Crippen LogP) is 2.48. The molecule has 3 heteroatoms. The minimum Gasteiger partial charge on any atom is -0.333 e. The first-order chi connectivity index (χ1) is 7.70. The first-order valence-electron chi connectivity index (χ1n) is 5.93. The molecule has 1 saturated heterocycles. The molecule has 0 aliphatic carbocycles. The third-order valence-electron chi connectivity index (χ3n) is 3.34. The van der Waals surface area contributed by atoms with Crippen molar-refractivity contribution in [3.63, 3.8) is 0 Å². The van der Waals surface area contributed by atoms with Crippen LogP contribution in [-0.4, -0.2) is 27.9 Å². The van der Waals surface area contributed by atoms with Crippen molar-refractivity contribution in [1.82, 2.24) is 9.88 Å². The van der Waals surface area contributed by atoms with E-state index < -0.39 is 0 Å². The minimum atomic E-state index is 0.118. The van der Waals surface area contributed by atoms with Crippen molar-refractivity contribution in [3.05, 3.63) is 30.1 Å². The molecule has 2 atom stereocenters. The molecular formula is C13H18N2O. The molecule has 0 unspecified atom stereocenters. The largest absolute Gasteiger partial charge is 0.333 e. The molecule has 1 amide bonds. The first kappa shape index (κ1) is 11.1. The van der Waals surface area contributed by atoms with E-state index >= 15 is 0 Å². The number of nitrogens with zero attached hydrogens (tertiary/aromatic N) is 2. The van der Waals surface area contributed by atoms with Crippen molar-refractivity contribution in [2.75, 3.05) is 0 Å². The topological polar surface area (TPSA) is 33.2 Å². The number of amides is 1. The van der Waals surface area contributed by atoms with Crippen LogP contribution in [0.15, 0.2) is 24.5 Å². The smallest absolute Gasteiger partial charge is 0.255 e. The number of likely N-dealkylation sites (tertiary alicyclic amines) is 1. The van der Waals surface area contributed by atoms with Gasteiger partial charge in [0.15, 0.2) is 0 Å². The van der Waals surface area contributed by atoms with E-state index in [1.807, 2.05) is 17.0 Å². The Bertz CT molecular complexity index is 353. The molecule has 1 aliphatic heterocycles. The number of hydrogen-bond acceptors (Lipinski definition) is 2. The van der Waals surface area contributed by atoms with E-state index in [1.165, 1.54) is 6.42 Å². The monoisotopic (exact) mass is 218 g/mol. The SMILES string of the molecule is C[C@H]1CCC[C@H](C)N1C(=O)c1cccnc1. The van der Waals surface area contributed by atoms with Crippen molar-refractivity contribution in [2.24, 2.45) is 0 Å². The van der Waals surface area contributed by atoms with Crippen LogP contribution < -0.4 is 0 Å². The number of hydrogen-bond donors (Lipinski definition) is 0. The van der Waals surface area contributed by atoms with Crippen LogP contribution in [0.3, 0.4) is 0 Å². The third-order valence-corrected chi connectivity index (χ3v) is 3.34. The van der Waals surface area contributed by atoms with Gasteiger partial charge in [-0.2, -0.15) is 0 Å². The Balaban J connectivity index is 2.20. The van der Waals surface area contributed by atoms with Crippen LogP contribution in [0.2, 0.25) is 0 Å². The highest BCUT2D eigenvalue weighted by Crippen LogP contribution is 2.24. The standard InChI is InChI=1S/C13H18N2O/c1-10-5-3-6-11(2)15(10)13(16)12-7-4-8-14-9-12/h4,7-11H,3,5-6H2,1-2H3/t10-,11-/m0/s1. The first-order valence-corrected chi connectivity index (χ1v) is 5.93. The average Bonchev–Trinajstić information content (AvgIpc) is 2.30. The van der Waals surface area contributed by atoms with E-state index in [-0.39, 0.29) is 5.91 Å². The molecule has 3 nitrogen and oxygen atoms in total. The minimum absolute atomic E-state index is 0.118. The Hall–Kier alpha value is -1.38. The molecule has 16 heavy (non-hydrogen) atoms. The summed E-state index contributed by atoms with van der Waals surface area (Å²) in [5.41, 5.74) is 0.697. The van der Waals surface area contributed by atoms with Gasteiger partial charge in [0.05, 0.1) is 5.56 Å². The van der Waals surface area contributed by atoms with Crippen molar-refractivity contribution in [2.45, 2.75) is 45.2 Å². The molecular weight excluding hydrogens is 200 g/mol. The fourth-order valence-electron chi connectivity index (χ4n) is 2.46. The van der Waals surface area contributed by atoms with Crippen LogP contribution in [0.4, 0.5) is 0 Å². The van der Waals surface area contributed by atoms with Crippen molar-refractivity contribution < 1.29 is 4.79 Å². The predicted molar refractivity (Wildman–Crippen MR) is 63.2 cm³/mol. The molecule has 0 bridgehead atoms. The van der Waals surface area contributed by atoms with Gasteiger partial charge in [0, 0.05) is 24.5 Å². The highest BCUT2D eigenvalue weighted by atomic mass is 16.2. The average molecular weight is 218 g/mol. The molecule has 0 saturated carbocycles. The summed E-state index contributed by atoms with van der Waals surface area (Å²) in [6.07, 6.45) is 6.78. The molecule has 2 rings (SSSR count). The van der Waals surface area contributed by atoms with Gasteiger partial charge in [-0.1, -0.05) is 0 Å². The second-order valence-electron chi connectivity index (χ2n) is 4.58. The fourth-order valence-corrected chi connectivity index (χ4v) is 2.46. The van der Waals surface area contributed by atoms with Crippen molar-refractivity contribution in [3.8, 4) is 0 Å². The summed E-state index contributed by atoms with van der Waals surface area (Å²) in [6, 6.07) is 4.34. The lowest BCUT2D eigenvalue weighted by molar-refractivity contribution is 0.0510. The zero-order chi connectivity index (χ0) is 11.5. The summed E-state index contributed by atoms with van der Waals surface area (Å²) < 4.78 is 0. The van der Waals surface area contributed by atoms with E-state index in [1.54, 1.807) is 12.4 Å². The van der Waals surface area contributed by atoms with Gasteiger partial charge in [-0.05, 0) is 45.2 Å². The summed E-state index contributed by atoms with van der Waals surface area (Å²) >= 11 is 0. The Kier molecular flexibility index (Phi) is 3.22. The molecule has 86 valence electrons. The van der Waals surface area contributed by atoms with E-state index in [0.29, 0.717) is 17.6 Å². The highest BCUT2D eigenvalue weighted by molar-refractivity contribution is 5.94. The summed E-state index contributed by atoms with van der Waals surface area (Å²) in [5, 5.41) is 0. The molecule has 0 aromatic carbocycles. The zero-order valence-electron chi connectivity index (χ0n) is 9.89. The summed E-state index contributed by atoms with van der Waals surface area (Å²) in [4.78, 5) is 18.3. The second kappa shape index (κ2) is 4.64. The van der Waals surface area contributed by atoms with Crippen LogP contribution in [0.25, 0.3) is 0 Å². The normalized spacial score (nSPS) is 25.5. The fraction of sp³-hybridized carbons (Fsp3) is 0.538. The van der Waals surface area contributed by atoms with Crippen LogP contribution in [0.1, 0.15) is 43.5 Å². The maximum absolute atomic E-state index is 12.3. The maximum Gasteiger partial charge on any atom is 0.255 e. The molecule has 1 aromatic heterocycles. The van der Waals surface area contributed by atoms with E-state index in [2.05, 4.69) is 18.8 Å². The number of piperidine rings is 1. The molecule has 0 N–H and O–H groups in total. The van der Waals surface area contributed by atoms with Crippen LogP contribution in [-0.2, 0) is 0 Å². The molecule has 0 spiro atoms. The lowest BCUT2D eigenvalue weighted by atomic mass is 9.96. The number of rotatable bonds is 1. The van der Waals surface area contributed by atoms with E-state index in [0.717, 1.165) is 12.8 Å². The van der Waals surface area contributed by atoms with Crippen molar-refractivity contribution >= 4 is 5.91 Å². The second-order valence-corrected chi connectivity index (χ2v) is 4.58. The van der Waals surface area contributed by atoms with Crippen LogP contribution in [0, 0.1) is 0 Å². The maximum atomic E-state index is 12.3. The third kappa shape index (κ3) is 2.08. The Morgan fingerprint density at radius 2 is 2.06 bits per heavy atom. The van der Waals surface area contributed by atoms with Crippen molar-refractivity contribution in [1.29, 1.82) is 0 Å². The van der Waals surface area contributed by atoms with Crippen LogP contribution in [0.5, 0.6) is 0 Å². The van der Waals surface area contributed by atoms with Gasteiger partial charge < -0.3 is 4.90 Å². The quantitative estimate of drug-likeness (QED) is 0.725. The molecule has 2 heterocycles. The highest BCUT2D eigenvalue weighted by Gasteiger charge is 2.29. The molecule has 1 aliphatic rings. The van der Waals surface area contributed by atoms with Gasteiger partial charge in [0.1, 0.15) is 0 Å². The molecule has 1 fully saturated rings. The number of carbonyl (C=O) groups excluding carboxylic acids is 1. The lowest BCUT2D eigenvalue weighted by Gasteiger charge is -2.39. The Morgan fingerprint density at radius 3 is 2.62 bits per heavy atom. The van der Waals surface area contributed by atoms with Gasteiger partial charge in [-0.3, -0.25) is 9.78 Å².